The number of hydrogen-bond acceptors (Lipinski definition) is 3. The van der Waals surface area contributed by atoms with Crippen LogP contribution in [0.5, 0.6) is 5.75 Å². The second-order valence-electron chi connectivity index (χ2n) is 4.94. The number of carbonyl (C=O) groups is 1. The lowest BCUT2D eigenvalue weighted by atomic mass is 10.2. The molecule has 0 bridgehead atoms. The Hall–Kier alpha value is -1.03. The van der Waals surface area contributed by atoms with E-state index in [1.807, 2.05) is 0 Å². The number of nitrogens with one attached hydrogen (secondary N) is 1. The van der Waals surface area contributed by atoms with Crippen LogP contribution in [0.2, 0.25) is 10.0 Å². The summed E-state index contributed by atoms with van der Waals surface area (Å²) < 4.78 is 5.22. The molecule has 1 N–H and O–H groups in total. The number of aldehydes is 1. The lowest BCUT2D eigenvalue weighted by Crippen LogP contribution is -2.10. The van der Waals surface area contributed by atoms with E-state index in [4.69, 9.17) is 27.9 Å². The molecular formula is C15H17Cl2NO2. The van der Waals surface area contributed by atoms with E-state index in [-0.39, 0.29) is 0 Å². The lowest BCUT2D eigenvalue weighted by Gasteiger charge is -2.07. The summed E-state index contributed by atoms with van der Waals surface area (Å²) in [5.74, 6) is 2.62. The summed E-state index contributed by atoms with van der Waals surface area (Å²) in [6.07, 6.45) is 3.77. The molecule has 3 nitrogen and oxygen atoms in total. The molecule has 0 radical (unpaired) electrons. The van der Waals surface area contributed by atoms with Gasteiger partial charge in [0, 0.05) is 6.07 Å². The highest BCUT2D eigenvalue weighted by atomic mass is 35.5. The zero-order valence-electron chi connectivity index (χ0n) is 11.1. The Bertz CT molecular complexity index is 497. The minimum absolute atomic E-state index is 0.318. The van der Waals surface area contributed by atoms with Crippen LogP contribution in [0.1, 0.15) is 16.8 Å². The highest BCUT2D eigenvalue weighted by molar-refractivity contribution is 6.42. The fourth-order valence-electron chi connectivity index (χ4n) is 2.17. The van der Waals surface area contributed by atoms with Gasteiger partial charge in [-0.25, -0.2) is 0 Å². The van der Waals surface area contributed by atoms with Crippen LogP contribution in [0, 0.1) is 11.8 Å². The Morgan fingerprint density at radius 1 is 1.30 bits per heavy atom. The van der Waals surface area contributed by atoms with Crippen molar-refractivity contribution in [3.05, 3.63) is 40.4 Å². The van der Waals surface area contributed by atoms with E-state index < -0.39 is 0 Å². The fourth-order valence-corrected chi connectivity index (χ4v) is 2.50. The van der Waals surface area contributed by atoms with Crippen molar-refractivity contribution in [2.45, 2.75) is 6.42 Å². The Labute approximate surface area is 128 Å². The normalized spacial score (nSPS) is 22.3. The minimum Gasteiger partial charge on any atom is -0.489 e. The summed E-state index contributed by atoms with van der Waals surface area (Å²) >= 11 is 11.5. The van der Waals surface area contributed by atoms with Crippen LogP contribution in [-0.4, -0.2) is 26.0 Å². The predicted molar refractivity (Wildman–Crippen MR) is 82.0 cm³/mol. The van der Waals surface area contributed by atoms with E-state index in [0.717, 1.165) is 11.8 Å². The van der Waals surface area contributed by atoms with Crippen molar-refractivity contribution in [3.8, 4) is 5.75 Å². The maximum Gasteiger partial charge on any atom is 0.153 e. The topological polar surface area (TPSA) is 38.3 Å². The fraction of sp³-hybridized carbons (Fsp3) is 0.400. The number of fused-ring (bicyclic) bond motifs is 1. The maximum atomic E-state index is 10.6. The van der Waals surface area contributed by atoms with Gasteiger partial charge in [-0.15, -0.1) is 0 Å². The Morgan fingerprint density at radius 2 is 1.95 bits per heavy atom. The van der Waals surface area contributed by atoms with Crippen LogP contribution in [0.3, 0.4) is 0 Å². The third-order valence-corrected chi connectivity index (χ3v) is 4.14. The van der Waals surface area contributed by atoms with E-state index in [2.05, 4.69) is 11.9 Å². The molecule has 1 saturated carbocycles. The first kappa shape index (κ1) is 15.4. The third-order valence-electron chi connectivity index (χ3n) is 3.42. The van der Waals surface area contributed by atoms with Crippen LogP contribution < -0.4 is 10.1 Å². The summed E-state index contributed by atoms with van der Waals surface area (Å²) in [6.45, 7) is 6.44. The van der Waals surface area contributed by atoms with Gasteiger partial charge in [0.25, 0.3) is 0 Å². The van der Waals surface area contributed by atoms with Crippen LogP contribution in [-0.2, 0) is 0 Å². The van der Waals surface area contributed by atoms with Crippen molar-refractivity contribution < 1.29 is 9.53 Å². The molecule has 1 saturated heterocycles. The monoisotopic (exact) mass is 313 g/mol. The molecule has 2 fully saturated rings. The first-order valence-electron chi connectivity index (χ1n) is 6.54. The van der Waals surface area contributed by atoms with Crippen molar-refractivity contribution >= 4 is 29.5 Å². The van der Waals surface area contributed by atoms with Gasteiger partial charge in [-0.3, -0.25) is 4.79 Å². The van der Waals surface area contributed by atoms with Gasteiger partial charge >= 0.3 is 0 Å². The molecule has 1 aromatic rings. The lowest BCUT2D eigenvalue weighted by molar-refractivity contribution is 0.112. The largest absolute Gasteiger partial charge is 0.489 e. The average Bonchev–Trinajstić information content (AvgIpc) is 3.06. The molecule has 0 spiro atoms. The molecule has 1 aliphatic carbocycles. The van der Waals surface area contributed by atoms with Crippen LogP contribution in [0.25, 0.3) is 0 Å². The molecule has 0 aromatic heterocycles. The zero-order valence-corrected chi connectivity index (χ0v) is 12.6. The molecule has 2 unspecified atom stereocenters. The van der Waals surface area contributed by atoms with Gasteiger partial charge in [-0.1, -0.05) is 35.9 Å². The standard InChI is InChI=1S/C10H8Cl2O2.C5H9N/c1-2-3-14-10-5-9(12)8(11)4-7(10)6-13;1-4-2-6-3-5(1)4/h2,4-6H,1,3H2;4-6H,1-3H2. The van der Waals surface area contributed by atoms with E-state index in [1.165, 1.54) is 31.6 Å². The molecule has 0 amide bonds. The summed E-state index contributed by atoms with van der Waals surface area (Å²) in [4.78, 5) is 10.6. The number of halogens is 2. The number of hydrogen-bond donors (Lipinski definition) is 1. The number of piperidine rings is 1. The zero-order chi connectivity index (χ0) is 14.5. The van der Waals surface area contributed by atoms with Crippen molar-refractivity contribution in [3.63, 3.8) is 0 Å². The van der Waals surface area contributed by atoms with Crippen LogP contribution in [0.4, 0.5) is 0 Å². The molecular weight excluding hydrogens is 297 g/mol. The molecule has 108 valence electrons. The van der Waals surface area contributed by atoms with Gasteiger partial charge in [0.05, 0.1) is 15.6 Å². The van der Waals surface area contributed by atoms with Crippen molar-refractivity contribution in [2.24, 2.45) is 11.8 Å². The second kappa shape index (κ2) is 7.11. The number of carbonyl (C=O) groups excluding carboxylic acids is 1. The Kier molecular flexibility index (Phi) is 5.46. The number of rotatable bonds is 4. The Balaban J connectivity index is 0.000000198. The smallest absolute Gasteiger partial charge is 0.153 e. The predicted octanol–water partition coefficient (Wildman–Crippen LogP) is 3.60. The molecule has 2 atom stereocenters. The quantitative estimate of drug-likeness (QED) is 0.682. The van der Waals surface area contributed by atoms with Gasteiger partial charge in [0.1, 0.15) is 12.4 Å². The summed E-state index contributed by atoms with van der Waals surface area (Å²) in [5, 5.41) is 4.01. The summed E-state index contributed by atoms with van der Waals surface area (Å²) in [6, 6.07) is 2.98. The third kappa shape index (κ3) is 3.98. The summed E-state index contributed by atoms with van der Waals surface area (Å²) in [5.41, 5.74) is 0.376. The summed E-state index contributed by atoms with van der Waals surface area (Å²) in [7, 11) is 0. The van der Waals surface area contributed by atoms with Crippen molar-refractivity contribution in [1.29, 1.82) is 0 Å². The molecule has 3 rings (SSSR count). The molecule has 20 heavy (non-hydrogen) atoms. The second-order valence-corrected chi connectivity index (χ2v) is 5.75. The molecule has 5 heteroatoms. The van der Waals surface area contributed by atoms with Gasteiger partial charge in [-0.2, -0.15) is 0 Å². The highest BCUT2D eigenvalue weighted by Gasteiger charge is 2.40. The van der Waals surface area contributed by atoms with Crippen molar-refractivity contribution in [1.82, 2.24) is 5.32 Å². The minimum atomic E-state index is 0.318. The van der Waals surface area contributed by atoms with Crippen LogP contribution in [0.15, 0.2) is 24.8 Å². The van der Waals surface area contributed by atoms with E-state index in [0.29, 0.717) is 34.3 Å². The van der Waals surface area contributed by atoms with Gasteiger partial charge < -0.3 is 10.1 Å². The molecule has 1 aliphatic heterocycles. The SMILES string of the molecule is C1NCC2CC12.C=CCOc1cc(Cl)c(Cl)cc1C=O. The Morgan fingerprint density at radius 3 is 2.40 bits per heavy atom. The van der Waals surface area contributed by atoms with Gasteiger partial charge in [0.2, 0.25) is 0 Å². The highest BCUT2D eigenvalue weighted by Crippen LogP contribution is 2.40. The number of benzene rings is 1. The number of ether oxygens (including phenoxy) is 1. The molecule has 2 aliphatic rings. The van der Waals surface area contributed by atoms with E-state index in [9.17, 15) is 4.79 Å². The first-order valence-corrected chi connectivity index (χ1v) is 7.30. The van der Waals surface area contributed by atoms with E-state index in [1.54, 1.807) is 6.08 Å². The average molecular weight is 314 g/mol. The molecule has 1 heterocycles. The van der Waals surface area contributed by atoms with Crippen molar-refractivity contribution in [2.75, 3.05) is 19.7 Å². The molecule has 1 aromatic carbocycles. The van der Waals surface area contributed by atoms with E-state index >= 15 is 0 Å². The maximum absolute atomic E-state index is 10.6. The van der Waals surface area contributed by atoms with Gasteiger partial charge in [0.15, 0.2) is 6.29 Å². The first-order chi connectivity index (χ1) is 9.65. The van der Waals surface area contributed by atoms with Gasteiger partial charge in [-0.05, 0) is 37.4 Å². The van der Waals surface area contributed by atoms with Crippen LogP contribution >= 0.6 is 23.2 Å².